The van der Waals surface area contributed by atoms with Gasteiger partial charge < -0.3 is 4.79 Å². The van der Waals surface area contributed by atoms with Crippen molar-refractivity contribution in [3.8, 4) is 0 Å². The van der Waals surface area contributed by atoms with Gasteiger partial charge in [0.05, 0.1) is 0 Å². The van der Waals surface area contributed by atoms with Gasteiger partial charge in [0.2, 0.25) is 0 Å². The highest BCUT2D eigenvalue weighted by molar-refractivity contribution is 5.57. The molecule has 0 saturated carbocycles. The van der Waals surface area contributed by atoms with Crippen molar-refractivity contribution in [1.82, 2.24) is 0 Å². The van der Waals surface area contributed by atoms with E-state index in [1.54, 1.807) is 0 Å². The average molecular weight is 162 g/mol. The Hall–Kier alpha value is -1.11. The van der Waals surface area contributed by atoms with Gasteiger partial charge in [-0.25, -0.2) is 0 Å². The van der Waals surface area contributed by atoms with Crippen LogP contribution in [0.1, 0.15) is 23.6 Å². The van der Waals surface area contributed by atoms with Gasteiger partial charge in [-0.2, -0.15) is 0 Å². The first-order chi connectivity index (χ1) is 5.79. The molecule has 0 N–H and O–H groups in total. The molecular weight excluding hydrogens is 148 g/mol. The van der Waals surface area contributed by atoms with Gasteiger partial charge in [-0.15, -0.1) is 0 Å². The van der Waals surface area contributed by atoms with Crippen LogP contribution in [0, 0.1) is 6.92 Å². The summed E-state index contributed by atoms with van der Waals surface area (Å²) in [6.07, 6.45) is 2.53. The molecule has 0 spiro atoms. The van der Waals surface area contributed by atoms with Crippen LogP contribution in [0.15, 0.2) is 18.2 Å². The minimum Gasteiger partial charge on any atom is -0.303 e. The van der Waals surface area contributed by atoms with Crippen molar-refractivity contribution in [2.45, 2.75) is 26.7 Å². The molecule has 64 valence electrons. The highest BCUT2D eigenvalue weighted by Crippen LogP contribution is 2.14. The van der Waals surface area contributed by atoms with Crippen molar-refractivity contribution >= 4 is 6.29 Å². The van der Waals surface area contributed by atoms with Crippen molar-refractivity contribution in [2.24, 2.45) is 0 Å². The lowest BCUT2D eigenvalue weighted by molar-refractivity contribution is -0.107. The Labute approximate surface area is 73.4 Å². The topological polar surface area (TPSA) is 17.1 Å². The first kappa shape index (κ1) is 8.98. The summed E-state index contributed by atoms with van der Waals surface area (Å²) in [5.74, 6) is 0. The number of carbonyl (C=O) groups is 1. The summed E-state index contributed by atoms with van der Waals surface area (Å²) in [4.78, 5) is 10.4. The number of benzene rings is 1. The highest BCUT2D eigenvalue weighted by Gasteiger charge is 2.01. The molecule has 1 rings (SSSR count). The summed E-state index contributed by atoms with van der Waals surface area (Å²) < 4.78 is 0. The molecule has 0 bridgehead atoms. The van der Waals surface area contributed by atoms with E-state index < -0.39 is 0 Å². The van der Waals surface area contributed by atoms with Gasteiger partial charge in [0.1, 0.15) is 6.29 Å². The molecule has 0 aliphatic carbocycles. The van der Waals surface area contributed by atoms with Crippen LogP contribution >= 0.6 is 0 Å². The van der Waals surface area contributed by atoms with E-state index in [0.29, 0.717) is 6.42 Å². The van der Waals surface area contributed by atoms with Crippen molar-refractivity contribution in [2.75, 3.05) is 0 Å². The third-order valence-corrected chi connectivity index (χ3v) is 2.18. The summed E-state index contributed by atoms with van der Waals surface area (Å²) in [7, 11) is 0. The van der Waals surface area contributed by atoms with E-state index in [0.717, 1.165) is 12.7 Å². The van der Waals surface area contributed by atoms with E-state index in [1.165, 1.54) is 16.7 Å². The van der Waals surface area contributed by atoms with Crippen LogP contribution < -0.4 is 0 Å². The molecule has 0 amide bonds. The molecule has 0 aliphatic heterocycles. The number of rotatable bonds is 3. The Morgan fingerprint density at radius 1 is 1.42 bits per heavy atom. The fourth-order valence-corrected chi connectivity index (χ4v) is 1.47. The summed E-state index contributed by atoms with van der Waals surface area (Å²) in [5, 5.41) is 0. The van der Waals surface area contributed by atoms with Gasteiger partial charge >= 0.3 is 0 Å². The minimum absolute atomic E-state index is 0.551. The first-order valence-corrected chi connectivity index (χ1v) is 4.30. The number of hydrogen-bond acceptors (Lipinski definition) is 1. The third-order valence-electron chi connectivity index (χ3n) is 2.18. The lowest BCUT2D eigenvalue weighted by atomic mass is 9.98. The first-order valence-electron chi connectivity index (χ1n) is 4.30. The van der Waals surface area contributed by atoms with Crippen LogP contribution in [0.2, 0.25) is 0 Å². The summed E-state index contributed by atoms with van der Waals surface area (Å²) in [6, 6.07) is 6.19. The normalized spacial score (nSPS) is 9.83. The maximum Gasteiger partial charge on any atom is 0.124 e. The van der Waals surface area contributed by atoms with E-state index in [9.17, 15) is 4.79 Å². The zero-order chi connectivity index (χ0) is 8.97. The fourth-order valence-electron chi connectivity index (χ4n) is 1.47. The highest BCUT2D eigenvalue weighted by atomic mass is 16.1. The average Bonchev–Trinajstić information content (AvgIpc) is 2.09. The van der Waals surface area contributed by atoms with E-state index >= 15 is 0 Å². The van der Waals surface area contributed by atoms with Gasteiger partial charge in [-0.3, -0.25) is 0 Å². The third kappa shape index (κ3) is 1.73. The quantitative estimate of drug-likeness (QED) is 0.623. The van der Waals surface area contributed by atoms with E-state index in [1.807, 2.05) is 6.07 Å². The Kier molecular flexibility index (Phi) is 3.03. The molecular formula is C11H14O. The molecule has 1 nitrogen and oxygen atoms in total. The van der Waals surface area contributed by atoms with Crippen molar-refractivity contribution in [1.29, 1.82) is 0 Å². The number of aryl methyl sites for hydroxylation is 2. The molecule has 0 aliphatic rings. The van der Waals surface area contributed by atoms with E-state index in [2.05, 4.69) is 26.0 Å². The summed E-state index contributed by atoms with van der Waals surface area (Å²) in [5.41, 5.74) is 3.72. The van der Waals surface area contributed by atoms with Crippen LogP contribution in [-0.4, -0.2) is 6.29 Å². The van der Waals surface area contributed by atoms with E-state index in [4.69, 9.17) is 0 Å². The number of carbonyl (C=O) groups excluding carboxylic acids is 1. The zero-order valence-corrected chi connectivity index (χ0v) is 7.63. The van der Waals surface area contributed by atoms with Crippen molar-refractivity contribution in [3.05, 3.63) is 34.9 Å². The van der Waals surface area contributed by atoms with Gasteiger partial charge in [0.15, 0.2) is 0 Å². The largest absolute Gasteiger partial charge is 0.303 e. The minimum atomic E-state index is 0.551. The van der Waals surface area contributed by atoms with Crippen LogP contribution in [0.25, 0.3) is 0 Å². The van der Waals surface area contributed by atoms with E-state index in [-0.39, 0.29) is 0 Å². The second kappa shape index (κ2) is 4.05. The van der Waals surface area contributed by atoms with Gasteiger partial charge in [-0.1, -0.05) is 25.1 Å². The Morgan fingerprint density at radius 2 is 2.17 bits per heavy atom. The maximum atomic E-state index is 10.4. The molecule has 0 unspecified atom stereocenters. The van der Waals surface area contributed by atoms with Gasteiger partial charge in [-0.05, 0) is 30.0 Å². The molecule has 1 heteroatoms. The molecule has 0 radical (unpaired) electrons. The summed E-state index contributed by atoms with van der Waals surface area (Å²) >= 11 is 0. The Bertz CT molecular complexity index is 276. The van der Waals surface area contributed by atoms with Crippen molar-refractivity contribution in [3.63, 3.8) is 0 Å². The predicted octanol–water partition coefficient (Wildman–Crippen LogP) is 2.30. The standard InChI is InChI=1S/C11H14O/c1-3-10-6-4-5-9(2)11(10)7-8-12/h4-6,8H,3,7H2,1-2H3. The molecule has 12 heavy (non-hydrogen) atoms. The maximum absolute atomic E-state index is 10.4. The van der Waals surface area contributed by atoms with Crippen LogP contribution in [0.3, 0.4) is 0 Å². The van der Waals surface area contributed by atoms with Gasteiger partial charge in [0, 0.05) is 6.42 Å². The van der Waals surface area contributed by atoms with Crippen LogP contribution in [0.4, 0.5) is 0 Å². The van der Waals surface area contributed by atoms with Crippen molar-refractivity contribution < 1.29 is 4.79 Å². The number of hydrogen-bond donors (Lipinski definition) is 0. The Morgan fingerprint density at radius 3 is 2.75 bits per heavy atom. The zero-order valence-electron chi connectivity index (χ0n) is 7.63. The SMILES string of the molecule is CCc1cccc(C)c1CC=O. The molecule has 0 saturated heterocycles. The molecule has 0 atom stereocenters. The molecule has 0 fully saturated rings. The predicted molar refractivity (Wildman–Crippen MR) is 50.3 cm³/mol. The van der Waals surface area contributed by atoms with Crippen LogP contribution in [-0.2, 0) is 17.6 Å². The second-order valence-corrected chi connectivity index (χ2v) is 2.94. The lowest BCUT2D eigenvalue weighted by Gasteiger charge is -2.07. The molecule has 0 aromatic heterocycles. The summed E-state index contributed by atoms with van der Waals surface area (Å²) in [6.45, 7) is 4.17. The monoisotopic (exact) mass is 162 g/mol. The lowest BCUT2D eigenvalue weighted by Crippen LogP contribution is -1.96. The van der Waals surface area contributed by atoms with Gasteiger partial charge in [0.25, 0.3) is 0 Å². The molecule has 1 aromatic rings. The molecule has 0 heterocycles. The fraction of sp³-hybridized carbons (Fsp3) is 0.364. The number of aldehydes is 1. The smallest absolute Gasteiger partial charge is 0.124 e. The Balaban J connectivity index is 3.10. The van der Waals surface area contributed by atoms with Crippen LogP contribution in [0.5, 0.6) is 0 Å². The second-order valence-electron chi connectivity index (χ2n) is 2.94. The molecule has 1 aromatic carbocycles.